The van der Waals surface area contributed by atoms with Gasteiger partial charge in [0.05, 0.1) is 16.8 Å². The quantitative estimate of drug-likeness (QED) is 0.787. The summed E-state index contributed by atoms with van der Waals surface area (Å²) in [7, 11) is -0.347. The molecule has 0 bridgehead atoms. The van der Waals surface area contributed by atoms with Crippen molar-refractivity contribution in [3.05, 3.63) is 5.38 Å². The number of hydrogen-bond donors (Lipinski definition) is 0. The number of aromatic nitrogens is 1. The minimum atomic E-state index is -0.347. The van der Waals surface area contributed by atoms with Crippen molar-refractivity contribution in [2.45, 2.75) is 71.1 Å². The minimum absolute atomic E-state index is 0.306. The largest absolute Gasteiger partial charge is 0.515 e. The molecule has 0 spiro atoms. The molecule has 3 rings (SSSR count). The van der Waals surface area contributed by atoms with Crippen LogP contribution in [0.25, 0.3) is 0 Å². The maximum atomic E-state index is 6.08. The third kappa shape index (κ3) is 2.73. The summed E-state index contributed by atoms with van der Waals surface area (Å²) in [5, 5.41) is 3.19. The third-order valence-corrected chi connectivity index (χ3v) is 5.95. The molecule has 21 heavy (non-hydrogen) atoms. The van der Waals surface area contributed by atoms with Gasteiger partial charge in [0, 0.05) is 18.0 Å². The van der Waals surface area contributed by atoms with Crippen LogP contribution in [-0.2, 0) is 9.31 Å². The molecule has 6 heteroatoms. The zero-order valence-corrected chi connectivity index (χ0v) is 14.5. The van der Waals surface area contributed by atoms with Gasteiger partial charge < -0.3 is 14.2 Å². The topological polar surface area (TPSA) is 34.6 Å². The molecule has 1 atom stereocenters. The lowest BCUT2D eigenvalue weighted by Gasteiger charge is -2.33. The smallest absolute Gasteiger partial charge is 0.398 e. The van der Waals surface area contributed by atoms with Crippen molar-refractivity contribution in [1.82, 2.24) is 4.98 Å². The summed E-state index contributed by atoms with van der Waals surface area (Å²) < 4.78 is 12.2. The van der Waals surface area contributed by atoms with Gasteiger partial charge in [0.15, 0.2) is 5.13 Å². The average molecular weight is 308 g/mol. The van der Waals surface area contributed by atoms with Crippen molar-refractivity contribution in [3.63, 3.8) is 0 Å². The molecule has 0 radical (unpaired) electrons. The summed E-state index contributed by atoms with van der Waals surface area (Å²) in [5.41, 5.74) is 0.297. The number of rotatable bonds is 2. The van der Waals surface area contributed by atoms with Gasteiger partial charge in [0.2, 0.25) is 0 Å². The monoisotopic (exact) mass is 308 g/mol. The molecule has 0 aromatic carbocycles. The Morgan fingerprint density at radius 1 is 1.24 bits per heavy atom. The van der Waals surface area contributed by atoms with Gasteiger partial charge in [-0.3, -0.25) is 0 Å². The van der Waals surface area contributed by atoms with Crippen LogP contribution < -0.4 is 10.5 Å². The summed E-state index contributed by atoms with van der Waals surface area (Å²) in [6, 6.07) is 0.580. The van der Waals surface area contributed by atoms with Crippen molar-refractivity contribution in [2.75, 3.05) is 11.4 Å². The van der Waals surface area contributed by atoms with E-state index in [1.54, 1.807) is 11.3 Å². The van der Waals surface area contributed by atoms with E-state index in [2.05, 4.69) is 44.9 Å². The van der Waals surface area contributed by atoms with Gasteiger partial charge in [-0.2, -0.15) is 0 Å². The van der Waals surface area contributed by atoms with Crippen LogP contribution in [0.3, 0.4) is 0 Å². The van der Waals surface area contributed by atoms with Crippen molar-refractivity contribution >= 4 is 29.2 Å². The van der Waals surface area contributed by atoms with Crippen LogP contribution >= 0.6 is 11.3 Å². The summed E-state index contributed by atoms with van der Waals surface area (Å²) in [5.74, 6) is 0. The Bertz CT molecular complexity index is 502. The Balaban J connectivity index is 1.77. The molecule has 2 aliphatic rings. The van der Waals surface area contributed by atoms with Crippen LogP contribution in [0.1, 0.15) is 53.9 Å². The van der Waals surface area contributed by atoms with E-state index in [1.165, 1.54) is 19.3 Å². The Morgan fingerprint density at radius 2 is 1.90 bits per heavy atom. The summed E-state index contributed by atoms with van der Waals surface area (Å²) >= 11 is 1.70. The summed E-state index contributed by atoms with van der Waals surface area (Å²) in [6.07, 6.45) is 3.84. The molecule has 3 heterocycles. The standard InChI is InChI=1S/C15H25BN2O2S/c1-11-8-6-7-9-18(11)13-17-12(10-21-13)16-19-14(2,3)15(4,5)20-16/h10-11H,6-9H2,1-5H3/t11-/m0/s1. The molecule has 0 N–H and O–H groups in total. The van der Waals surface area contributed by atoms with Crippen LogP contribution in [-0.4, -0.2) is 35.9 Å². The molecular weight excluding hydrogens is 283 g/mol. The molecular formula is C15H25BN2O2S. The Labute approximate surface area is 132 Å². The van der Waals surface area contributed by atoms with E-state index in [0.717, 1.165) is 17.3 Å². The zero-order valence-electron chi connectivity index (χ0n) is 13.7. The second kappa shape index (κ2) is 5.25. The van der Waals surface area contributed by atoms with E-state index >= 15 is 0 Å². The van der Waals surface area contributed by atoms with Crippen molar-refractivity contribution < 1.29 is 9.31 Å². The average Bonchev–Trinajstić information content (AvgIpc) is 2.94. The van der Waals surface area contributed by atoms with Gasteiger partial charge in [-0.05, 0) is 53.9 Å². The Morgan fingerprint density at radius 3 is 2.52 bits per heavy atom. The fourth-order valence-electron chi connectivity index (χ4n) is 2.86. The predicted octanol–water partition coefficient (Wildman–Crippen LogP) is 2.82. The number of thiazole rings is 1. The number of nitrogens with zero attached hydrogens (tertiary/aromatic N) is 2. The first-order valence-corrected chi connectivity index (χ1v) is 8.76. The van der Waals surface area contributed by atoms with Crippen molar-refractivity contribution in [2.24, 2.45) is 0 Å². The third-order valence-electron chi connectivity index (χ3n) is 5.05. The van der Waals surface area contributed by atoms with Crippen LogP contribution in [0.15, 0.2) is 5.38 Å². The van der Waals surface area contributed by atoms with Crippen LogP contribution in [0.4, 0.5) is 5.13 Å². The van der Waals surface area contributed by atoms with E-state index < -0.39 is 0 Å². The highest BCUT2D eigenvalue weighted by atomic mass is 32.1. The molecule has 2 saturated heterocycles. The first-order chi connectivity index (χ1) is 9.80. The molecule has 1 aromatic heterocycles. The fourth-order valence-corrected chi connectivity index (χ4v) is 3.82. The lowest BCUT2D eigenvalue weighted by atomic mass is 9.86. The number of piperidine rings is 1. The first kappa shape index (κ1) is 15.3. The van der Waals surface area contributed by atoms with Crippen LogP contribution in [0.5, 0.6) is 0 Å². The zero-order chi connectivity index (χ0) is 15.3. The van der Waals surface area contributed by atoms with Crippen molar-refractivity contribution in [3.8, 4) is 0 Å². The minimum Gasteiger partial charge on any atom is -0.398 e. The predicted molar refractivity (Wildman–Crippen MR) is 88.5 cm³/mol. The lowest BCUT2D eigenvalue weighted by Crippen LogP contribution is -2.41. The van der Waals surface area contributed by atoms with E-state index in [1.807, 2.05) is 0 Å². The summed E-state index contributed by atoms with van der Waals surface area (Å²) in [4.78, 5) is 7.21. The van der Waals surface area contributed by atoms with Gasteiger partial charge in [0.1, 0.15) is 0 Å². The number of anilines is 1. The molecule has 0 saturated carbocycles. The van der Waals surface area contributed by atoms with E-state index in [4.69, 9.17) is 14.3 Å². The van der Waals surface area contributed by atoms with E-state index in [9.17, 15) is 0 Å². The molecule has 4 nitrogen and oxygen atoms in total. The Kier molecular flexibility index (Phi) is 3.83. The van der Waals surface area contributed by atoms with E-state index in [0.29, 0.717) is 6.04 Å². The van der Waals surface area contributed by atoms with Gasteiger partial charge in [-0.15, -0.1) is 11.3 Å². The van der Waals surface area contributed by atoms with Crippen LogP contribution in [0.2, 0.25) is 0 Å². The maximum absolute atomic E-state index is 6.08. The molecule has 2 fully saturated rings. The molecule has 0 unspecified atom stereocenters. The maximum Gasteiger partial charge on any atom is 0.515 e. The first-order valence-electron chi connectivity index (χ1n) is 7.88. The molecule has 2 aliphatic heterocycles. The summed E-state index contributed by atoms with van der Waals surface area (Å²) in [6.45, 7) is 11.7. The van der Waals surface area contributed by atoms with E-state index in [-0.39, 0.29) is 18.3 Å². The molecule has 1 aromatic rings. The SMILES string of the molecule is C[C@H]1CCCCN1c1nc(B2OC(C)(C)C(C)(C)O2)cs1. The highest BCUT2D eigenvalue weighted by molar-refractivity contribution is 7.14. The normalized spacial score (nSPS) is 28.1. The fraction of sp³-hybridized carbons (Fsp3) is 0.800. The van der Waals surface area contributed by atoms with Crippen molar-refractivity contribution in [1.29, 1.82) is 0 Å². The highest BCUT2D eigenvalue weighted by Gasteiger charge is 2.52. The highest BCUT2D eigenvalue weighted by Crippen LogP contribution is 2.37. The van der Waals surface area contributed by atoms with Gasteiger partial charge in [0.25, 0.3) is 0 Å². The number of hydrogen-bond acceptors (Lipinski definition) is 5. The second-order valence-electron chi connectivity index (χ2n) is 7.18. The van der Waals surface area contributed by atoms with Crippen LogP contribution in [0, 0.1) is 0 Å². The second-order valence-corrected chi connectivity index (χ2v) is 8.02. The Hall–Kier alpha value is -0.585. The van der Waals surface area contributed by atoms with Gasteiger partial charge in [-0.1, -0.05) is 0 Å². The molecule has 116 valence electrons. The molecule has 0 aliphatic carbocycles. The van der Waals surface area contributed by atoms with Gasteiger partial charge in [-0.25, -0.2) is 4.98 Å². The lowest BCUT2D eigenvalue weighted by molar-refractivity contribution is 0.00578. The molecule has 0 amide bonds. The van der Waals surface area contributed by atoms with Gasteiger partial charge >= 0.3 is 7.12 Å².